The van der Waals surface area contributed by atoms with Crippen LogP contribution in [0.2, 0.25) is 0 Å². The third-order valence-corrected chi connectivity index (χ3v) is 3.95. The molecule has 0 aliphatic carbocycles. The summed E-state index contributed by atoms with van der Waals surface area (Å²) in [6.07, 6.45) is 0.204. The topological polar surface area (TPSA) is 67.8 Å². The maximum atomic E-state index is 12.4. The van der Waals surface area contributed by atoms with E-state index in [1.54, 1.807) is 38.5 Å². The predicted octanol–water partition coefficient (Wildman–Crippen LogP) is 3.74. The lowest BCUT2D eigenvalue weighted by atomic mass is 10.1. The molecule has 0 unspecified atom stereocenters. The molecule has 0 aliphatic heterocycles. The minimum absolute atomic E-state index is 0.150. The Morgan fingerprint density at radius 2 is 1.80 bits per heavy atom. The van der Waals surface area contributed by atoms with E-state index < -0.39 is 0 Å². The van der Waals surface area contributed by atoms with Crippen molar-refractivity contribution in [3.05, 3.63) is 60.2 Å². The van der Waals surface area contributed by atoms with Crippen molar-refractivity contribution in [2.24, 2.45) is 0 Å². The molecule has 0 heterocycles. The number of methoxy groups -OCH3 is 2. The number of nitrogens with one attached hydrogen (secondary N) is 1. The molecule has 2 N–H and O–H groups in total. The van der Waals surface area contributed by atoms with Crippen molar-refractivity contribution in [3.8, 4) is 17.2 Å². The van der Waals surface area contributed by atoms with Crippen molar-refractivity contribution in [1.29, 1.82) is 0 Å². The molecule has 1 amide bonds. The summed E-state index contributed by atoms with van der Waals surface area (Å²) < 4.78 is 10.5. The van der Waals surface area contributed by atoms with Crippen LogP contribution in [0.15, 0.2) is 54.6 Å². The van der Waals surface area contributed by atoms with Crippen molar-refractivity contribution >= 4 is 22.4 Å². The molecular weight excluding hydrogens is 318 g/mol. The summed E-state index contributed by atoms with van der Waals surface area (Å²) in [5, 5.41) is 14.3. The molecule has 0 aromatic heterocycles. The number of amides is 1. The molecule has 128 valence electrons. The second-order valence-corrected chi connectivity index (χ2v) is 5.63. The van der Waals surface area contributed by atoms with Gasteiger partial charge in [-0.25, -0.2) is 0 Å². The average molecular weight is 337 g/mol. The lowest BCUT2D eigenvalue weighted by Crippen LogP contribution is -2.14. The summed E-state index contributed by atoms with van der Waals surface area (Å²) in [7, 11) is 3.13. The maximum absolute atomic E-state index is 12.4. The lowest BCUT2D eigenvalue weighted by Gasteiger charge is -2.11. The van der Waals surface area contributed by atoms with Crippen LogP contribution in [0.25, 0.3) is 10.8 Å². The zero-order chi connectivity index (χ0) is 17.8. The largest absolute Gasteiger partial charge is 0.508 e. The first-order valence-electron chi connectivity index (χ1n) is 7.83. The van der Waals surface area contributed by atoms with Gasteiger partial charge in [-0.3, -0.25) is 4.79 Å². The Kier molecular flexibility index (Phi) is 4.75. The van der Waals surface area contributed by atoms with Crippen molar-refractivity contribution in [1.82, 2.24) is 0 Å². The zero-order valence-corrected chi connectivity index (χ0v) is 14.1. The van der Waals surface area contributed by atoms with Crippen molar-refractivity contribution in [2.75, 3.05) is 19.5 Å². The maximum Gasteiger partial charge on any atom is 0.228 e. The summed E-state index contributed by atoms with van der Waals surface area (Å²) in [4.78, 5) is 12.4. The molecular formula is C20H19NO4. The van der Waals surface area contributed by atoms with Gasteiger partial charge >= 0.3 is 0 Å². The molecule has 3 aromatic rings. The zero-order valence-electron chi connectivity index (χ0n) is 14.1. The number of benzene rings is 3. The second kappa shape index (κ2) is 7.13. The fourth-order valence-electron chi connectivity index (χ4n) is 2.74. The van der Waals surface area contributed by atoms with Gasteiger partial charge in [0.15, 0.2) is 11.5 Å². The van der Waals surface area contributed by atoms with E-state index in [1.165, 1.54) is 0 Å². The van der Waals surface area contributed by atoms with Crippen LogP contribution in [0.3, 0.4) is 0 Å². The van der Waals surface area contributed by atoms with Crippen LogP contribution in [0.5, 0.6) is 17.2 Å². The van der Waals surface area contributed by atoms with E-state index in [0.29, 0.717) is 17.2 Å². The summed E-state index contributed by atoms with van der Waals surface area (Å²) in [5.41, 5.74) is 1.48. The Balaban J connectivity index is 1.80. The number of phenols is 1. The third kappa shape index (κ3) is 3.66. The van der Waals surface area contributed by atoms with Gasteiger partial charge in [0.1, 0.15) is 5.75 Å². The Morgan fingerprint density at radius 3 is 2.56 bits per heavy atom. The highest BCUT2D eigenvalue weighted by molar-refractivity contribution is 6.03. The summed E-state index contributed by atoms with van der Waals surface area (Å²) in [6.45, 7) is 0. The quantitative estimate of drug-likeness (QED) is 0.744. The molecule has 0 aliphatic rings. The van der Waals surface area contributed by atoms with Gasteiger partial charge in [-0.2, -0.15) is 0 Å². The van der Waals surface area contributed by atoms with E-state index in [0.717, 1.165) is 16.3 Å². The highest BCUT2D eigenvalue weighted by Crippen LogP contribution is 2.29. The number of phenolic OH excluding ortho intramolecular Hbond substituents is 1. The summed E-state index contributed by atoms with van der Waals surface area (Å²) in [6, 6.07) is 16.1. The highest BCUT2D eigenvalue weighted by Gasteiger charge is 2.10. The van der Waals surface area contributed by atoms with Gasteiger partial charge in [0.2, 0.25) is 5.91 Å². The van der Waals surface area contributed by atoms with Gasteiger partial charge in [-0.15, -0.1) is 0 Å². The number of carbonyl (C=O) groups excluding carboxylic acids is 1. The second-order valence-electron chi connectivity index (χ2n) is 5.63. The molecule has 0 bridgehead atoms. The van der Waals surface area contributed by atoms with Gasteiger partial charge in [-0.1, -0.05) is 24.3 Å². The standard InChI is InChI=1S/C20H19NO4/c1-24-18-9-6-13(10-19(18)25-2)11-20(23)21-17-5-3-4-14-7-8-15(22)12-16(14)17/h3-10,12,22H,11H2,1-2H3,(H,21,23). The van der Waals surface area contributed by atoms with E-state index in [2.05, 4.69) is 5.32 Å². The van der Waals surface area contributed by atoms with Gasteiger partial charge in [0.05, 0.1) is 20.6 Å². The molecule has 0 radical (unpaired) electrons. The minimum atomic E-state index is -0.150. The van der Waals surface area contributed by atoms with E-state index in [4.69, 9.17) is 9.47 Å². The third-order valence-electron chi connectivity index (χ3n) is 3.95. The Hall–Kier alpha value is -3.21. The van der Waals surface area contributed by atoms with Crippen LogP contribution in [-0.2, 0) is 11.2 Å². The Bertz CT molecular complexity index is 921. The van der Waals surface area contributed by atoms with Crippen molar-refractivity contribution in [2.45, 2.75) is 6.42 Å². The minimum Gasteiger partial charge on any atom is -0.508 e. The summed E-state index contributed by atoms with van der Waals surface area (Å²) in [5.74, 6) is 1.22. The number of carbonyl (C=O) groups is 1. The van der Waals surface area contributed by atoms with Gasteiger partial charge < -0.3 is 19.9 Å². The monoisotopic (exact) mass is 337 g/mol. The normalized spacial score (nSPS) is 10.5. The van der Waals surface area contributed by atoms with Crippen LogP contribution in [0, 0.1) is 0 Å². The summed E-state index contributed by atoms with van der Waals surface area (Å²) >= 11 is 0. The molecule has 25 heavy (non-hydrogen) atoms. The van der Waals surface area contributed by atoms with E-state index in [9.17, 15) is 9.90 Å². The lowest BCUT2D eigenvalue weighted by molar-refractivity contribution is -0.115. The first kappa shape index (κ1) is 16.6. The highest BCUT2D eigenvalue weighted by atomic mass is 16.5. The van der Waals surface area contributed by atoms with Crippen LogP contribution >= 0.6 is 0 Å². The van der Waals surface area contributed by atoms with Gasteiger partial charge in [0, 0.05) is 11.1 Å². The van der Waals surface area contributed by atoms with Crippen LogP contribution < -0.4 is 14.8 Å². The number of anilines is 1. The number of hydrogen-bond acceptors (Lipinski definition) is 4. The molecule has 0 saturated heterocycles. The molecule has 0 atom stereocenters. The van der Waals surface area contributed by atoms with Crippen LogP contribution in [0.1, 0.15) is 5.56 Å². The first-order chi connectivity index (χ1) is 12.1. The van der Waals surface area contributed by atoms with Crippen LogP contribution in [0.4, 0.5) is 5.69 Å². The molecule has 3 aromatic carbocycles. The van der Waals surface area contributed by atoms with Gasteiger partial charge in [0.25, 0.3) is 0 Å². The fourth-order valence-corrected chi connectivity index (χ4v) is 2.74. The van der Waals surface area contributed by atoms with E-state index in [1.807, 2.05) is 30.3 Å². The molecule has 0 spiro atoms. The van der Waals surface area contributed by atoms with Crippen LogP contribution in [-0.4, -0.2) is 25.2 Å². The van der Waals surface area contributed by atoms with Gasteiger partial charge in [-0.05, 0) is 41.3 Å². The average Bonchev–Trinajstić information content (AvgIpc) is 2.62. The molecule has 5 nitrogen and oxygen atoms in total. The smallest absolute Gasteiger partial charge is 0.228 e. The fraction of sp³-hybridized carbons (Fsp3) is 0.150. The van der Waals surface area contributed by atoms with Crippen molar-refractivity contribution in [3.63, 3.8) is 0 Å². The number of hydrogen-bond donors (Lipinski definition) is 2. The molecule has 0 fully saturated rings. The van der Waals surface area contributed by atoms with E-state index >= 15 is 0 Å². The Morgan fingerprint density at radius 1 is 1.00 bits per heavy atom. The molecule has 3 rings (SSSR count). The number of ether oxygens (including phenoxy) is 2. The molecule has 5 heteroatoms. The Labute approximate surface area is 145 Å². The number of rotatable bonds is 5. The predicted molar refractivity (Wildman–Crippen MR) is 97.5 cm³/mol. The molecule has 0 saturated carbocycles. The number of aromatic hydroxyl groups is 1. The number of fused-ring (bicyclic) bond motifs is 1. The first-order valence-corrected chi connectivity index (χ1v) is 7.83. The van der Waals surface area contributed by atoms with Crippen molar-refractivity contribution < 1.29 is 19.4 Å². The van der Waals surface area contributed by atoms with E-state index in [-0.39, 0.29) is 18.1 Å². The SMILES string of the molecule is COc1ccc(CC(=O)Nc2cccc3ccc(O)cc23)cc1OC.